The molecule has 0 atom stereocenters. The molecule has 34 heavy (non-hydrogen) atoms. The number of carbonyl (C=O) groups is 2. The number of nitrogens with zero attached hydrogens (tertiary/aromatic N) is 3. The van der Waals surface area contributed by atoms with Gasteiger partial charge in [0.2, 0.25) is 5.12 Å². The zero-order valence-corrected chi connectivity index (χ0v) is 19.6. The molecular weight excluding hydrogens is 448 g/mol. The van der Waals surface area contributed by atoms with E-state index in [1.807, 2.05) is 30.3 Å². The summed E-state index contributed by atoms with van der Waals surface area (Å²) in [6.45, 7) is 0.739. The molecule has 0 aromatic carbocycles. The molecule has 1 saturated heterocycles. The summed E-state index contributed by atoms with van der Waals surface area (Å²) < 4.78 is 5.45. The molecule has 0 spiro atoms. The molecule has 0 unspecified atom stereocenters. The van der Waals surface area contributed by atoms with Crippen molar-refractivity contribution in [3.8, 4) is 11.5 Å². The van der Waals surface area contributed by atoms with Crippen molar-refractivity contribution in [2.24, 2.45) is 5.92 Å². The van der Waals surface area contributed by atoms with Crippen LogP contribution in [0.15, 0.2) is 58.2 Å². The largest absolute Gasteiger partial charge is 0.463 e. The number of hydrogen-bond donors (Lipinski definition) is 1. The van der Waals surface area contributed by atoms with Crippen molar-refractivity contribution >= 4 is 28.7 Å². The highest BCUT2D eigenvalue weighted by Crippen LogP contribution is 2.31. The van der Waals surface area contributed by atoms with Crippen molar-refractivity contribution in [3.05, 3.63) is 71.0 Å². The molecule has 8 heteroatoms. The topological polar surface area (TPSA) is 98.0 Å². The number of carbonyl (C=O) groups excluding carboxylic acids is 2. The van der Waals surface area contributed by atoms with Crippen LogP contribution in [-0.4, -0.2) is 31.9 Å². The van der Waals surface area contributed by atoms with Gasteiger partial charge < -0.3 is 9.73 Å². The summed E-state index contributed by atoms with van der Waals surface area (Å²) in [4.78, 5) is 37.6. The average Bonchev–Trinajstić information content (AvgIpc) is 3.49. The van der Waals surface area contributed by atoms with Gasteiger partial charge in [-0.2, -0.15) is 0 Å². The van der Waals surface area contributed by atoms with E-state index >= 15 is 0 Å². The van der Waals surface area contributed by atoms with Crippen LogP contribution in [0.25, 0.3) is 17.5 Å². The van der Waals surface area contributed by atoms with Gasteiger partial charge in [0.05, 0.1) is 29.0 Å². The van der Waals surface area contributed by atoms with E-state index in [1.54, 1.807) is 24.6 Å². The van der Waals surface area contributed by atoms with Crippen LogP contribution >= 0.6 is 11.8 Å². The zero-order valence-electron chi connectivity index (χ0n) is 18.8. The first kappa shape index (κ1) is 22.7. The second kappa shape index (κ2) is 10.4. The smallest absolute Gasteiger partial charge is 0.201 e. The Morgan fingerprint density at radius 2 is 1.94 bits per heavy atom. The first-order chi connectivity index (χ1) is 16.6. The number of ketones is 1. The number of aromatic nitrogens is 3. The van der Waals surface area contributed by atoms with Gasteiger partial charge in [-0.3, -0.25) is 9.59 Å². The highest BCUT2D eigenvalue weighted by atomic mass is 32.2. The van der Waals surface area contributed by atoms with Crippen molar-refractivity contribution in [2.75, 3.05) is 0 Å². The maximum absolute atomic E-state index is 11.9. The van der Waals surface area contributed by atoms with Crippen LogP contribution in [0.4, 0.5) is 0 Å². The first-order valence-corrected chi connectivity index (χ1v) is 12.4. The maximum Gasteiger partial charge on any atom is 0.201 e. The van der Waals surface area contributed by atoms with Gasteiger partial charge in [-0.1, -0.05) is 6.07 Å². The number of allylic oxidation sites excluding steroid dienone is 1. The highest BCUT2D eigenvalue weighted by molar-refractivity contribution is 8.18. The van der Waals surface area contributed by atoms with E-state index in [2.05, 4.69) is 15.3 Å². The summed E-state index contributed by atoms with van der Waals surface area (Å²) in [6.07, 6.45) is 10.4. The Kier molecular flexibility index (Phi) is 6.97. The van der Waals surface area contributed by atoms with Crippen LogP contribution in [0, 0.1) is 5.92 Å². The van der Waals surface area contributed by atoms with Gasteiger partial charge in [0.15, 0.2) is 11.5 Å². The van der Waals surface area contributed by atoms with Gasteiger partial charge >= 0.3 is 0 Å². The highest BCUT2D eigenvalue weighted by Gasteiger charge is 2.26. The van der Waals surface area contributed by atoms with Crippen LogP contribution < -0.4 is 5.32 Å². The molecule has 7 nitrogen and oxygen atoms in total. The molecule has 3 aromatic heterocycles. The summed E-state index contributed by atoms with van der Waals surface area (Å²) in [5.74, 6) is 2.01. The second-order valence-electron chi connectivity index (χ2n) is 8.77. The van der Waals surface area contributed by atoms with Gasteiger partial charge in [-0.05, 0) is 79.8 Å². The van der Waals surface area contributed by atoms with Gasteiger partial charge in [-0.25, -0.2) is 15.0 Å². The molecule has 0 amide bonds. The molecular formula is C26H26N4O3S. The van der Waals surface area contributed by atoms with E-state index in [4.69, 9.17) is 9.40 Å². The minimum Gasteiger partial charge on any atom is -0.463 e. The molecule has 0 bridgehead atoms. The third kappa shape index (κ3) is 5.69. The predicted octanol–water partition coefficient (Wildman–Crippen LogP) is 4.60. The average molecular weight is 475 g/mol. The fourth-order valence-corrected chi connectivity index (χ4v) is 5.30. The Balaban J connectivity index is 1.11. The quantitative estimate of drug-likeness (QED) is 0.392. The molecule has 0 radical (unpaired) electrons. The molecule has 3 aromatic rings. The number of furan rings is 1. The molecule has 1 N–H and O–H groups in total. The molecule has 5 rings (SSSR count). The lowest BCUT2D eigenvalue weighted by atomic mass is 9.84. The number of rotatable bonds is 7. The Bertz CT molecular complexity index is 1200. The molecule has 1 aliphatic heterocycles. The fourth-order valence-electron chi connectivity index (χ4n) is 4.49. The summed E-state index contributed by atoms with van der Waals surface area (Å²) in [6, 6.07) is 12.1. The molecule has 174 valence electrons. The van der Waals surface area contributed by atoms with Crippen LogP contribution in [0.5, 0.6) is 0 Å². The molecule has 2 aliphatic rings. The minimum absolute atomic E-state index is 0.0167. The second-order valence-corrected chi connectivity index (χ2v) is 9.87. The van der Waals surface area contributed by atoms with Gasteiger partial charge in [0.1, 0.15) is 11.5 Å². The Labute approximate surface area is 202 Å². The van der Waals surface area contributed by atoms with Gasteiger partial charge in [0.25, 0.3) is 0 Å². The van der Waals surface area contributed by atoms with E-state index in [0.717, 1.165) is 73.4 Å². The number of thioether (sulfide) groups is 1. The van der Waals surface area contributed by atoms with Crippen molar-refractivity contribution in [3.63, 3.8) is 0 Å². The summed E-state index contributed by atoms with van der Waals surface area (Å²) in [5, 5.41) is 3.56. The van der Waals surface area contributed by atoms with Crippen molar-refractivity contribution < 1.29 is 14.0 Å². The monoisotopic (exact) mass is 474 g/mol. The summed E-state index contributed by atoms with van der Waals surface area (Å²) in [7, 11) is 0. The number of hydrogen-bond acceptors (Lipinski definition) is 8. The predicted molar refractivity (Wildman–Crippen MR) is 130 cm³/mol. The maximum atomic E-state index is 11.9. The SMILES string of the molecule is O=C1CC(=O)/C(=C/c2ccnc(CC3CCC(NCc4cccc(-c5ccco5)n4)CC3)n2)S1. The lowest BCUT2D eigenvalue weighted by Crippen LogP contribution is -2.33. The van der Waals surface area contributed by atoms with Crippen LogP contribution in [0.3, 0.4) is 0 Å². The Morgan fingerprint density at radius 1 is 1.06 bits per heavy atom. The van der Waals surface area contributed by atoms with Crippen LogP contribution in [0.1, 0.15) is 49.3 Å². The normalized spacial score (nSPS) is 21.9. The van der Waals surface area contributed by atoms with Crippen molar-refractivity contribution in [1.82, 2.24) is 20.3 Å². The zero-order chi connectivity index (χ0) is 23.3. The minimum atomic E-state index is -0.121. The van der Waals surface area contributed by atoms with Crippen LogP contribution in [0.2, 0.25) is 0 Å². The van der Waals surface area contributed by atoms with E-state index < -0.39 is 0 Å². The number of pyridine rings is 1. The van der Waals surface area contributed by atoms with Crippen LogP contribution in [-0.2, 0) is 22.6 Å². The standard InChI is InChI=1S/C26H26N4O3S/c31-22-15-26(32)34-24(22)14-19-10-11-27-25(30-19)13-17-6-8-18(9-7-17)28-16-20-3-1-4-21(29-20)23-5-2-12-33-23/h1-5,10-12,14,17-18,28H,6-9,13,15-16H2/b24-14-. The van der Waals surface area contributed by atoms with E-state index in [1.165, 1.54) is 0 Å². The molecule has 4 heterocycles. The fraction of sp³-hybridized carbons (Fsp3) is 0.346. The van der Waals surface area contributed by atoms with E-state index in [9.17, 15) is 9.59 Å². The molecule has 1 saturated carbocycles. The molecule has 2 fully saturated rings. The summed E-state index contributed by atoms with van der Waals surface area (Å²) >= 11 is 1.01. The van der Waals surface area contributed by atoms with E-state index in [0.29, 0.717) is 22.6 Å². The van der Waals surface area contributed by atoms with Gasteiger partial charge in [0, 0.05) is 25.2 Å². The molecule has 1 aliphatic carbocycles. The number of nitrogens with one attached hydrogen (secondary N) is 1. The Hall–Kier alpha value is -3.10. The van der Waals surface area contributed by atoms with Gasteiger partial charge in [-0.15, -0.1) is 0 Å². The number of Topliss-reactive ketones (excluding diaryl/α,β-unsaturated/α-hetero) is 1. The lowest BCUT2D eigenvalue weighted by Gasteiger charge is -2.29. The third-order valence-corrected chi connectivity index (χ3v) is 7.22. The summed E-state index contributed by atoms with van der Waals surface area (Å²) in [5.41, 5.74) is 2.56. The third-order valence-electron chi connectivity index (χ3n) is 6.28. The first-order valence-electron chi connectivity index (χ1n) is 11.6. The van der Waals surface area contributed by atoms with E-state index in [-0.39, 0.29) is 17.3 Å². The van der Waals surface area contributed by atoms with Crippen molar-refractivity contribution in [2.45, 2.75) is 51.1 Å². The lowest BCUT2D eigenvalue weighted by molar-refractivity contribution is -0.119. The van der Waals surface area contributed by atoms with Crippen molar-refractivity contribution in [1.29, 1.82) is 0 Å². The Morgan fingerprint density at radius 3 is 2.71 bits per heavy atom.